The Morgan fingerprint density at radius 2 is 0.417 bits per heavy atom. The highest BCUT2D eigenvalue weighted by Gasteiger charge is 2.16. The SMILES string of the molecule is c1ccc(-c2ccc(-c3nc(-c4ccc(-c5cccnc5)cc4)cc(-c4ccc(-c5cccc6ccccc56)cc4)n3)cc2)cc1.c1cncc(-c2ccc(-c3cc(-c4ccc(-c5cccc6ccccc56)cc4)nc(-c4ccc(-c5cccc6ccccc56)cc4)n3)cc2)c1. The maximum Gasteiger partial charge on any atom is 0.160 e. The molecule has 17 rings (SSSR count). The zero-order valence-corrected chi connectivity index (χ0v) is 52.3. The molecule has 96 heavy (non-hydrogen) atoms. The van der Waals surface area contributed by atoms with Crippen LogP contribution in [0.15, 0.2) is 365 Å². The van der Waals surface area contributed by atoms with Crippen molar-refractivity contribution in [1.82, 2.24) is 29.9 Å². The van der Waals surface area contributed by atoms with Crippen LogP contribution in [0.5, 0.6) is 0 Å². The fourth-order valence-electron chi connectivity index (χ4n) is 12.8. The third-order valence-corrected chi connectivity index (χ3v) is 17.9. The number of pyridine rings is 2. The van der Waals surface area contributed by atoms with Gasteiger partial charge in [-0.05, 0) is 123 Å². The molecular weight excluding hydrogens is 1170 g/mol. The lowest BCUT2D eigenvalue weighted by atomic mass is 9.96. The summed E-state index contributed by atoms with van der Waals surface area (Å²) in [5, 5.41) is 7.44. The fourth-order valence-corrected chi connectivity index (χ4v) is 12.8. The second-order valence-electron chi connectivity index (χ2n) is 23.8. The maximum atomic E-state index is 5.15. The summed E-state index contributed by atoms with van der Waals surface area (Å²) in [6, 6.07) is 119. The Morgan fingerprint density at radius 1 is 0.167 bits per heavy atom. The molecule has 0 N–H and O–H groups in total. The van der Waals surface area contributed by atoms with E-state index in [1.54, 1.807) is 12.4 Å². The Hall–Kier alpha value is -12.9. The first kappa shape index (κ1) is 58.2. The topological polar surface area (TPSA) is 77.3 Å². The molecule has 0 fully saturated rings. The van der Waals surface area contributed by atoms with Crippen LogP contribution in [0.2, 0.25) is 0 Å². The van der Waals surface area contributed by atoms with Gasteiger partial charge in [0.2, 0.25) is 0 Å². The van der Waals surface area contributed by atoms with Crippen LogP contribution in [-0.4, -0.2) is 29.9 Å². The van der Waals surface area contributed by atoms with Crippen molar-refractivity contribution >= 4 is 32.3 Å². The zero-order valence-electron chi connectivity index (χ0n) is 52.3. The lowest BCUT2D eigenvalue weighted by molar-refractivity contribution is 1.18. The van der Waals surface area contributed by atoms with Gasteiger partial charge in [-0.15, -0.1) is 0 Å². The molecule has 450 valence electrons. The van der Waals surface area contributed by atoms with Gasteiger partial charge in [0.25, 0.3) is 0 Å². The molecule has 6 heteroatoms. The standard InChI is InChI=1S/C47H31N3.C43H29N3/c1-3-13-41-33(8-1)10-5-15-43(41)35-19-25-38(26-20-35)46-30-45(37-23-17-32(18-24-37)40-12-7-29-48-31-40)49-47(50-46)39-27-21-36(22-28-39)44-16-6-11-34-9-2-4-14-42(34)44;1-2-8-30(9-3-1)31-17-25-37(26-18-31)43-45-41(35-21-15-32(16-22-35)38-12-7-27-44-29-38)28-42(46-43)36-23-19-34(20-24-36)40-14-6-11-33-10-4-5-13-39(33)40/h1-31H;1-29H. The van der Waals surface area contributed by atoms with Crippen LogP contribution in [0.3, 0.4) is 0 Å². The number of benzene rings is 13. The van der Waals surface area contributed by atoms with Crippen LogP contribution in [0, 0.1) is 0 Å². The van der Waals surface area contributed by atoms with E-state index in [0.29, 0.717) is 11.6 Å². The van der Waals surface area contributed by atoms with Crippen molar-refractivity contribution in [2.45, 2.75) is 0 Å². The van der Waals surface area contributed by atoms with Gasteiger partial charge in [0.1, 0.15) is 0 Å². The van der Waals surface area contributed by atoms with Gasteiger partial charge in [-0.3, -0.25) is 9.97 Å². The van der Waals surface area contributed by atoms with Crippen LogP contribution < -0.4 is 0 Å². The highest BCUT2D eigenvalue weighted by molar-refractivity contribution is 5.99. The molecule has 0 spiro atoms. The lowest BCUT2D eigenvalue weighted by Crippen LogP contribution is -1.96. The molecule has 0 radical (unpaired) electrons. The van der Waals surface area contributed by atoms with Crippen molar-refractivity contribution in [3.8, 4) is 135 Å². The first-order valence-electron chi connectivity index (χ1n) is 32.3. The Morgan fingerprint density at radius 3 is 0.740 bits per heavy atom. The molecule has 4 heterocycles. The van der Waals surface area contributed by atoms with Gasteiger partial charge in [0, 0.05) is 58.2 Å². The number of fused-ring (bicyclic) bond motifs is 3. The smallest absolute Gasteiger partial charge is 0.160 e. The van der Waals surface area contributed by atoms with Gasteiger partial charge in [-0.2, -0.15) is 0 Å². The third-order valence-electron chi connectivity index (χ3n) is 17.9. The van der Waals surface area contributed by atoms with E-state index in [2.05, 4.69) is 331 Å². The third kappa shape index (κ3) is 12.2. The van der Waals surface area contributed by atoms with Gasteiger partial charge < -0.3 is 0 Å². The van der Waals surface area contributed by atoms with Crippen molar-refractivity contribution in [2.24, 2.45) is 0 Å². The lowest BCUT2D eigenvalue weighted by Gasteiger charge is -2.12. The summed E-state index contributed by atoms with van der Waals surface area (Å²) in [5.74, 6) is 1.39. The second-order valence-corrected chi connectivity index (χ2v) is 23.8. The summed E-state index contributed by atoms with van der Waals surface area (Å²) >= 11 is 0. The van der Waals surface area contributed by atoms with E-state index in [1.807, 2.05) is 30.6 Å². The van der Waals surface area contributed by atoms with Gasteiger partial charge in [0.05, 0.1) is 22.8 Å². The number of rotatable bonds is 12. The summed E-state index contributed by atoms with van der Waals surface area (Å²) in [5.41, 5.74) is 23.5. The Bertz CT molecular complexity index is 5310. The maximum absolute atomic E-state index is 5.15. The molecule has 0 unspecified atom stereocenters. The summed E-state index contributed by atoms with van der Waals surface area (Å²) in [7, 11) is 0. The molecule has 13 aromatic carbocycles. The predicted octanol–water partition coefficient (Wildman–Crippen LogP) is 23.2. The van der Waals surface area contributed by atoms with E-state index >= 15 is 0 Å². The van der Waals surface area contributed by atoms with Crippen molar-refractivity contribution in [2.75, 3.05) is 0 Å². The van der Waals surface area contributed by atoms with Gasteiger partial charge in [-0.25, -0.2) is 19.9 Å². The van der Waals surface area contributed by atoms with E-state index < -0.39 is 0 Å². The number of hydrogen-bond acceptors (Lipinski definition) is 6. The second kappa shape index (κ2) is 26.4. The number of nitrogens with zero attached hydrogens (tertiary/aromatic N) is 6. The molecule has 0 saturated heterocycles. The molecule has 0 bridgehead atoms. The van der Waals surface area contributed by atoms with Gasteiger partial charge in [-0.1, -0.05) is 315 Å². The quantitative estimate of drug-likeness (QED) is 0.121. The summed E-state index contributed by atoms with van der Waals surface area (Å²) < 4.78 is 0. The summed E-state index contributed by atoms with van der Waals surface area (Å²) in [4.78, 5) is 29.0. The van der Waals surface area contributed by atoms with Crippen molar-refractivity contribution in [1.29, 1.82) is 0 Å². The predicted molar refractivity (Wildman–Crippen MR) is 397 cm³/mol. The molecule has 6 nitrogen and oxygen atoms in total. The van der Waals surface area contributed by atoms with Crippen molar-refractivity contribution in [3.05, 3.63) is 365 Å². The Balaban J connectivity index is 0.000000152. The van der Waals surface area contributed by atoms with Crippen LogP contribution in [-0.2, 0) is 0 Å². The normalized spacial score (nSPS) is 11.1. The molecule has 0 atom stereocenters. The summed E-state index contributed by atoms with van der Waals surface area (Å²) in [6.45, 7) is 0. The molecule has 0 amide bonds. The van der Waals surface area contributed by atoms with Crippen LogP contribution in [0.25, 0.3) is 167 Å². The monoisotopic (exact) mass is 1220 g/mol. The van der Waals surface area contributed by atoms with E-state index in [-0.39, 0.29) is 0 Å². The average molecular weight is 1230 g/mol. The average Bonchev–Trinajstić information content (AvgIpc) is 0.832. The minimum atomic E-state index is 0.691. The molecular formula is C90H60N6. The Labute approximate surface area is 558 Å². The van der Waals surface area contributed by atoms with Gasteiger partial charge >= 0.3 is 0 Å². The van der Waals surface area contributed by atoms with E-state index in [0.717, 1.165) is 89.5 Å². The van der Waals surface area contributed by atoms with E-state index in [1.165, 1.54) is 65.7 Å². The largest absolute Gasteiger partial charge is 0.264 e. The highest BCUT2D eigenvalue weighted by Crippen LogP contribution is 2.37. The molecule has 4 aromatic heterocycles. The first-order valence-corrected chi connectivity index (χ1v) is 32.3. The Kier molecular flexibility index (Phi) is 16.0. The van der Waals surface area contributed by atoms with Crippen LogP contribution in [0.1, 0.15) is 0 Å². The zero-order chi connectivity index (χ0) is 64.0. The molecule has 17 aromatic rings. The minimum Gasteiger partial charge on any atom is -0.264 e. The number of hydrogen-bond donors (Lipinski definition) is 0. The molecule has 0 saturated carbocycles. The van der Waals surface area contributed by atoms with Gasteiger partial charge in [0.15, 0.2) is 11.6 Å². The van der Waals surface area contributed by atoms with E-state index in [9.17, 15) is 0 Å². The van der Waals surface area contributed by atoms with Crippen LogP contribution >= 0.6 is 0 Å². The minimum absolute atomic E-state index is 0.691. The molecule has 0 aliphatic rings. The molecule has 0 aliphatic heterocycles. The first-order chi connectivity index (χ1) is 47.5. The number of aromatic nitrogens is 6. The van der Waals surface area contributed by atoms with Crippen LogP contribution in [0.4, 0.5) is 0 Å². The van der Waals surface area contributed by atoms with Crippen molar-refractivity contribution in [3.63, 3.8) is 0 Å². The van der Waals surface area contributed by atoms with E-state index in [4.69, 9.17) is 19.9 Å². The highest BCUT2D eigenvalue weighted by atomic mass is 14.9. The summed E-state index contributed by atoms with van der Waals surface area (Å²) in [6.07, 6.45) is 7.37. The molecule has 0 aliphatic carbocycles. The van der Waals surface area contributed by atoms with Crippen molar-refractivity contribution < 1.29 is 0 Å². The fraction of sp³-hybridized carbons (Fsp3) is 0.